The lowest BCUT2D eigenvalue weighted by Gasteiger charge is -2.37. The molecule has 86 valence electrons. The Labute approximate surface area is 93.0 Å². The molecule has 2 rings (SSSR count). The quantitative estimate of drug-likeness (QED) is 0.711. The molecule has 1 saturated heterocycles. The topological polar surface area (TPSA) is 20.3 Å². The summed E-state index contributed by atoms with van der Waals surface area (Å²) < 4.78 is 0. The van der Waals surface area contributed by atoms with Gasteiger partial charge in [0.05, 0.1) is 0 Å². The molecule has 1 aliphatic heterocycles. The number of ketones is 1. The number of piperidine rings is 1. The highest BCUT2D eigenvalue weighted by molar-refractivity contribution is 5.81. The number of likely N-dealkylation sites (tertiary alicyclic amines) is 1. The second-order valence-corrected chi connectivity index (χ2v) is 5.55. The lowest BCUT2D eigenvalue weighted by molar-refractivity contribution is -0.125. The van der Waals surface area contributed by atoms with Gasteiger partial charge in [-0.1, -0.05) is 33.1 Å². The molecule has 0 bridgehead atoms. The molecule has 0 amide bonds. The van der Waals surface area contributed by atoms with Crippen LogP contribution < -0.4 is 0 Å². The maximum absolute atomic E-state index is 11.4. The van der Waals surface area contributed by atoms with E-state index in [-0.39, 0.29) is 5.92 Å². The van der Waals surface area contributed by atoms with Crippen molar-refractivity contribution in [3.63, 3.8) is 0 Å². The van der Waals surface area contributed by atoms with Gasteiger partial charge in [0.25, 0.3) is 0 Å². The van der Waals surface area contributed by atoms with Crippen LogP contribution in [0.3, 0.4) is 0 Å². The number of hydrogen-bond donors (Lipinski definition) is 0. The summed E-state index contributed by atoms with van der Waals surface area (Å²) in [5, 5.41) is 0. The molecule has 0 radical (unpaired) electrons. The Morgan fingerprint density at radius 3 is 2.73 bits per heavy atom. The van der Waals surface area contributed by atoms with Crippen molar-refractivity contribution >= 4 is 5.78 Å². The largest absolute Gasteiger partial charge is 0.302 e. The maximum Gasteiger partial charge on any atom is 0.138 e. The highest BCUT2D eigenvalue weighted by Gasteiger charge is 2.28. The van der Waals surface area contributed by atoms with Gasteiger partial charge in [0, 0.05) is 32.0 Å². The van der Waals surface area contributed by atoms with Crippen molar-refractivity contribution in [2.24, 2.45) is 17.8 Å². The zero-order valence-corrected chi connectivity index (χ0v) is 10.0. The Hall–Kier alpha value is -0.370. The highest BCUT2D eigenvalue weighted by atomic mass is 16.1. The standard InChI is InChI=1S/C13H23NO/c1-10(12-4-3-5-12)8-14-7-6-13(15)11(2)9-14/h10-12H,3-9H2,1-2H3. The van der Waals surface area contributed by atoms with E-state index in [1.807, 2.05) is 0 Å². The van der Waals surface area contributed by atoms with Crippen LogP contribution in [-0.2, 0) is 4.79 Å². The fourth-order valence-corrected chi connectivity index (χ4v) is 2.83. The average Bonchev–Trinajstić information content (AvgIpc) is 2.08. The van der Waals surface area contributed by atoms with Crippen LogP contribution in [0.25, 0.3) is 0 Å². The molecular weight excluding hydrogens is 186 g/mol. The first-order valence-electron chi connectivity index (χ1n) is 6.42. The summed E-state index contributed by atoms with van der Waals surface area (Å²) >= 11 is 0. The summed E-state index contributed by atoms with van der Waals surface area (Å²) in [6.45, 7) is 7.66. The Balaban J connectivity index is 1.76. The fraction of sp³-hybridized carbons (Fsp3) is 0.923. The maximum atomic E-state index is 11.4. The minimum Gasteiger partial charge on any atom is -0.302 e. The molecule has 0 spiro atoms. The van der Waals surface area contributed by atoms with Crippen LogP contribution in [0.1, 0.15) is 39.5 Å². The van der Waals surface area contributed by atoms with E-state index in [4.69, 9.17) is 0 Å². The summed E-state index contributed by atoms with van der Waals surface area (Å²) in [6, 6.07) is 0. The third-order valence-corrected chi connectivity index (χ3v) is 4.26. The van der Waals surface area contributed by atoms with E-state index in [0.717, 1.165) is 31.3 Å². The van der Waals surface area contributed by atoms with Gasteiger partial charge in [-0.15, -0.1) is 0 Å². The molecule has 2 nitrogen and oxygen atoms in total. The Morgan fingerprint density at radius 1 is 1.47 bits per heavy atom. The number of hydrogen-bond acceptors (Lipinski definition) is 2. The van der Waals surface area contributed by atoms with Gasteiger partial charge in [0.1, 0.15) is 5.78 Å². The van der Waals surface area contributed by atoms with Gasteiger partial charge in [-0.25, -0.2) is 0 Å². The third-order valence-electron chi connectivity index (χ3n) is 4.26. The lowest BCUT2D eigenvalue weighted by atomic mass is 9.76. The second kappa shape index (κ2) is 4.65. The second-order valence-electron chi connectivity index (χ2n) is 5.55. The predicted molar refractivity (Wildman–Crippen MR) is 61.7 cm³/mol. The van der Waals surface area contributed by atoms with Gasteiger partial charge in [0.15, 0.2) is 0 Å². The summed E-state index contributed by atoms with van der Waals surface area (Å²) in [5.74, 6) is 2.53. The molecule has 0 aromatic carbocycles. The van der Waals surface area contributed by atoms with Crippen molar-refractivity contribution in [2.75, 3.05) is 19.6 Å². The van der Waals surface area contributed by atoms with Crippen molar-refractivity contribution in [2.45, 2.75) is 39.5 Å². The lowest BCUT2D eigenvalue weighted by Crippen LogP contribution is -2.43. The fourth-order valence-electron chi connectivity index (χ4n) is 2.83. The smallest absolute Gasteiger partial charge is 0.138 e. The van der Waals surface area contributed by atoms with E-state index in [1.54, 1.807) is 0 Å². The molecule has 2 heteroatoms. The molecule has 1 aliphatic carbocycles. The number of nitrogens with zero attached hydrogens (tertiary/aromatic N) is 1. The summed E-state index contributed by atoms with van der Waals surface area (Å²) in [5.41, 5.74) is 0. The van der Waals surface area contributed by atoms with Crippen molar-refractivity contribution in [1.82, 2.24) is 4.90 Å². The zero-order chi connectivity index (χ0) is 10.8. The van der Waals surface area contributed by atoms with E-state index in [1.165, 1.54) is 25.8 Å². The first kappa shape index (κ1) is 11.1. The molecule has 0 aromatic heterocycles. The van der Waals surface area contributed by atoms with E-state index in [0.29, 0.717) is 5.78 Å². The summed E-state index contributed by atoms with van der Waals surface area (Å²) in [6.07, 6.45) is 5.08. The molecule has 2 unspecified atom stereocenters. The van der Waals surface area contributed by atoms with Crippen LogP contribution in [0.4, 0.5) is 0 Å². The van der Waals surface area contributed by atoms with Gasteiger partial charge in [-0.3, -0.25) is 4.79 Å². The van der Waals surface area contributed by atoms with Gasteiger partial charge in [0.2, 0.25) is 0 Å². The predicted octanol–water partition coefficient (Wildman–Crippen LogP) is 2.33. The van der Waals surface area contributed by atoms with Gasteiger partial charge in [-0.2, -0.15) is 0 Å². The van der Waals surface area contributed by atoms with Crippen LogP contribution in [0.2, 0.25) is 0 Å². The Bertz CT molecular complexity index is 235. The van der Waals surface area contributed by atoms with Crippen LogP contribution >= 0.6 is 0 Å². The van der Waals surface area contributed by atoms with Crippen molar-refractivity contribution in [1.29, 1.82) is 0 Å². The normalized spacial score (nSPS) is 31.3. The zero-order valence-electron chi connectivity index (χ0n) is 10.0. The van der Waals surface area contributed by atoms with Gasteiger partial charge >= 0.3 is 0 Å². The minimum atomic E-state index is 0.271. The molecule has 1 heterocycles. The number of Topliss-reactive ketones (excluding diaryl/α,β-unsaturated/α-hetero) is 1. The van der Waals surface area contributed by atoms with Crippen LogP contribution in [0.15, 0.2) is 0 Å². The number of carbonyl (C=O) groups excluding carboxylic acids is 1. The van der Waals surface area contributed by atoms with Crippen molar-refractivity contribution in [3.05, 3.63) is 0 Å². The first-order valence-corrected chi connectivity index (χ1v) is 6.42. The SMILES string of the molecule is CC1CN(CC(C)C2CCC2)CCC1=O. The molecule has 2 fully saturated rings. The van der Waals surface area contributed by atoms with E-state index in [2.05, 4.69) is 18.7 Å². The molecule has 1 saturated carbocycles. The third kappa shape index (κ3) is 2.60. The number of carbonyl (C=O) groups is 1. The molecule has 2 atom stereocenters. The van der Waals surface area contributed by atoms with Crippen molar-refractivity contribution < 1.29 is 4.79 Å². The Kier molecular flexibility index (Phi) is 3.45. The minimum absolute atomic E-state index is 0.271. The molecular formula is C13H23NO. The van der Waals surface area contributed by atoms with Gasteiger partial charge in [-0.05, 0) is 11.8 Å². The summed E-state index contributed by atoms with van der Waals surface area (Å²) in [4.78, 5) is 13.9. The average molecular weight is 209 g/mol. The van der Waals surface area contributed by atoms with Gasteiger partial charge < -0.3 is 4.90 Å². The van der Waals surface area contributed by atoms with Crippen LogP contribution in [-0.4, -0.2) is 30.3 Å². The molecule has 0 N–H and O–H groups in total. The van der Waals surface area contributed by atoms with E-state index >= 15 is 0 Å². The Morgan fingerprint density at radius 2 is 2.20 bits per heavy atom. The molecule has 0 aromatic rings. The molecule has 2 aliphatic rings. The highest BCUT2D eigenvalue weighted by Crippen LogP contribution is 2.33. The first-order chi connectivity index (χ1) is 7.16. The van der Waals surface area contributed by atoms with E-state index < -0.39 is 0 Å². The van der Waals surface area contributed by atoms with Crippen LogP contribution in [0.5, 0.6) is 0 Å². The summed E-state index contributed by atoms with van der Waals surface area (Å²) in [7, 11) is 0. The molecule has 15 heavy (non-hydrogen) atoms. The number of rotatable bonds is 3. The van der Waals surface area contributed by atoms with Crippen LogP contribution in [0, 0.1) is 17.8 Å². The monoisotopic (exact) mass is 209 g/mol. The van der Waals surface area contributed by atoms with E-state index in [9.17, 15) is 4.79 Å². The van der Waals surface area contributed by atoms with Crippen molar-refractivity contribution in [3.8, 4) is 0 Å².